The third kappa shape index (κ3) is 2.02. The second-order valence-corrected chi connectivity index (χ2v) is 5.40. The quantitative estimate of drug-likeness (QED) is 0.907. The molecule has 5 nitrogen and oxygen atoms in total. The minimum atomic E-state index is 0.348. The lowest BCUT2D eigenvalue weighted by atomic mass is 10.2. The van der Waals surface area contributed by atoms with Gasteiger partial charge in [-0.15, -0.1) is 0 Å². The molecule has 0 aliphatic carbocycles. The molecule has 3 heterocycles. The van der Waals surface area contributed by atoms with Gasteiger partial charge < -0.3 is 10.1 Å². The number of anilines is 1. The average molecular weight is 252 g/mol. The smallest absolute Gasteiger partial charge is 0.185 e. The summed E-state index contributed by atoms with van der Waals surface area (Å²) in [5.74, 6) is 0. The van der Waals surface area contributed by atoms with Crippen LogP contribution < -0.4 is 5.32 Å². The maximum absolute atomic E-state index is 5.57. The predicted octanol–water partition coefficient (Wildman–Crippen LogP) is 1.93. The summed E-state index contributed by atoms with van der Waals surface area (Å²) >= 11 is 1.67. The molecule has 1 N–H and O–H groups in total. The molecule has 1 saturated heterocycles. The molecule has 17 heavy (non-hydrogen) atoms. The first-order valence-electron chi connectivity index (χ1n) is 5.89. The zero-order valence-corrected chi connectivity index (χ0v) is 10.9. The number of nitrogens with zero attached hydrogens (tertiary/aromatic N) is 3. The Morgan fingerprint density at radius 2 is 2.47 bits per heavy atom. The van der Waals surface area contributed by atoms with Gasteiger partial charge in [-0.3, -0.25) is 0 Å². The van der Waals surface area contributed by atoms with Crippen molar-refractivity contribution in [2.24, 2.45) is 7.05 Å². The maximum atomic E-state index is 5.57. The van der Waals surface area contributed by atoms with Crippen LogP contribution in [-0.2, 0) is 11.8 Å². The fraction of sp³-hybridized carbons (Fsp3) is 0.636. The largest absolute Gasteiger partial charge is 0.376 e. The number of aryl methyl sites for hydroxylation is 2. The summed E-state index contributed by atoms with van der Waals surface area (Å²) in [6, 6.07) is 0. The summed E-state index contributed by atoms with van der Waals surface area (Å²) in [6.07, 6.45) is 2.68. The van der Waals surface area contributed by atoms with E-state index in [9.17, 15) is 0 Å². The molecule has 1 atom stereocenters. The summed E-state index contributed by atoms with van der Waals surface area (Å²) in [6.45, 7) is 3.77. The summed E-state index contributed by atoms with van der Waals surface area (Å²) in [5, 5.41) is 8.66. The van der Waals surface area contributed by atoms with E-state index in [0.29, 0.717) is 6.10 Å². The van der Waals surface area contributed by atoms with Crippen LogP contribution in [-0.4, -0.2) is 34.0 Å². The van der Waals surface area contributed by atoms with Crippen LogP contribution in [0.15, 0.2) is 0 Å². The number of rotatable bonds is 3. The van der Waals surface area contributed by atoms with E-state index in [4.69, 9.17) is 4.74 Å². The summed E-state index contributed by atoms with van der Waals surface area (Å²) < 4.78 is 8.58. The highest BCUT2D eigenvalue weighted by Gasteiger charge is 2.16. The number of fused-ring (bicyclic) bond motifs is 1. The molecule has 6 heteroatoms. The minimum absolute atomic E-state index is 0.348. The zero-order chi connectivity index (χ0) is 11.8. The Balaban J connectivity index is 1.74. The molecule has 0 bridgehead atoms. The van der Waals surface area contributed by atoms with Gasteiger partial charge in [0.25, 0.3) is 0 Å². The lowest BCUT2D eigenvalue weighted by Gasteiger charge is -2.08. The molecule has 2 aromatic rings. The number of aromatic nitrogens is 3. The molecule has 1 unspecified atom stereocenters. The van der Waals surface area contributed by atoms with E-state index in [2.05, 4.69) is 15.4 Å². The minimum Gasteiger partial charge on any atom is -0.376 e. The van der Waals surface area contributed by atoms with Crippen molar-refractivity contribution in [1.82, 2.24) is 14.8 Å². The SMILES string of the molecule is Cc1nn(C)c2nc(NCC3CCCO3)sc12. The van der Waals surface area contributed by atoms with E-state index < -0.39 is 0 Å². The van der Waals surface area contributed by atoms with Crippen molar-refractivity contribution < 1.29 is 4.74 Å². The van der Waals surface area contributed by atoms with Crippen LogP contribution >= 0.6 is 11.3 Å². The first-order valence-corrected chi connectivity index (χ1v) is 6.71. The van der Waals surface area contributed by atoms with Crippen molar-refractivity contribution in [3.8, 4) is 0 Å². The summed E-state index contributed by atoms with van der Waals surface area (Å²) in [5.41, 5.74) is 2.01. The molecular weight excluding hydrogens is 236 g/mol. The van der Waals surface area contributed by atoms with Crippen molar-refractivity contribution in [2.45, 2.75) is 25.9 Å². The van der Waals surface area contributed by atoms with Crippen molar-refractivity contribution in [1.29, 1.82) is 0 Å². The van der Waals surface area contributed by atoms with Gasteiger partial charge >= 0.3 is 0 Å². The van der Waals surface area contributed by atoms with Gasteiger partial charge in [-0.2, -0.15) is 5.10 Å². The Labute approximate surface area is 104 Å². The normalized spacial score (nSPS) is 20.2. The van der Waals surface area contributed by atoms with Gasteiger partial charge in [0, 0.05) is 20.2 Å². The molecule has 0 aromatic carbocycles. The van der Waals surface area contributed by atoms with Crippen LogP contribution in [0.2, 0.25) is 0 Å². The van der Waals surface area contributed by atoms with E-state index in [0.717, 1.165) is 36.0 Å². The first-order chi connectivity index (χ1) is 8.24. The van der Waals surface area contributed by atoms with E-state index in [-0.39, 0.29) is 0 Å². The predicted molar refractivity (Wildman–Crippen MR) is 68.6 cm³/mol. The Morgan fingerprint density at radius 1 is 1.59 bits per heavy atom. The molecule has 0 spiro atoms. The highest BCUT2D eigenvalue weighted by Crippen LogP contribution is 2.28. The van der Waals surface area contributed by atoms with Crippen molar-refractivity contribution in [3.05, 3.63) is 5.69 Å². The van der Waals surface area contributed by atoms with Gasteiger partial charge in [0.15, 0.2) is 10.8 Å². The number of nitrogens with one attached hydrogen (secondary N) is 1. The van der Waals surface area contributed by atoms with Gasteiger partial charge in [-0.25, -0.2) is 9.67 Å². The molecule has 92 valence electrons. The summed E-state index contributed by atoms with van der Waals surface area (Å²) in [7, 11) is 1.93. The molecule has 1 aliphatic rings. The fourth-order valence-electron chi connectivity index (χ4n) is 2.17. The topological polar surface area (TPSA) is 52.0 Å². The molecule has 0 amide bonds. The second kappa shape index (κ2) is 4.27. The lowest BCUT2D eigenvalue weighted by molar-refractivity contribution is 0.120. The molecule has 1 aliphatic heterocycles. The molecule has 1 fully saturated rings. The highest BCUT2D eigenvalue weighted by molar-refractivity contribution is 7.22. The van der Waals surface area contributed by atoms with Crippen molar-refractivity contribution in [2.75, 3.05) is 18.5 Å². The highest BCUT2D eigenvalue weighted by atomic mass is 32.1. The van der Waals surface area contributed by atoms with Crippen LogP contribution in [0, 0.1) is 6.92 Å². The lowest BCUT2D eigenvalue weighted by Crippen LogP contribution is -2.18. The van der Waals surface area contributed by atoms with Crippen LogP contribution in [0.5, 0.6) is 0 Å². The molecule has 0 saturated carbocycles. The van der Waals surface area contributed by atoms with Gasteiger partial charge in [0.2, 0.25) is 0 Å². The monoisotopic (exact) mass is 252 g/mol. The van der Waals surface area contributed by atoms with Gasteiger partial charge in [-0.05, 0) is 19.8 Å². The third-order valence-electron chi connectivity index (χ3n) is 3.05. The van der Waals surface area contributed by atoms with Crippen LogP contribution in [0.1, 0.15) is 18.5 Å². The molecule has 0 radical (unpaired) electrons. The molecule has 2 aromatic heterocycles. The number of ether oxygens (including phenoxy) is 1. The van der Waals surface area contributed by atoms with Crippen molar-refractivity contribution in [3.63, 3.8) is 0 Å². The maximum Gasteiger partial charge on any atom is 0.185 e. The Hall–Kier alpha value is -1.14. The number of hydrogen-bond acceptors (Lipinski definition) is 5. The van der Waals surface area contributed by atoms with Gasteiger partial charge in [0.05, 0.1) is 16.5 Å². The Kier molecular flexibility index (Phi) is 2.76. The van der Waals surface area contributed by atoms with Crippen molar-refractivity contribution >= 4 is 26.8 Å². The van der Waals surface area contributed by atoms with Crippen LogP contribution in [0.4, 0.5) is 5.13 Å². The van der Waals surface area contributed by atoms with E-state index in [1.165, 1.54) is 11.1 Å². The summed E-state index contributed by atoms with van der Waals surface area (Å²) in [4.78, 5) is 4.55. The number of thiazole rings is 1. The first kappa shape index (κ1) is 11.0. The van der Waals surface area contributed by atoms with E-state index in [1.54, 1.807) is 11.3 Å². The molecular formula is C11H16N4OS. The number of hydrogen-bond donors (Lipinski definition) is 1. The fourth-order valence-corrected chi connectivity index (χ4v) is 3.11. The Morgan fingerprint density at radius 3 is 3.18 bits per heavy atom. The third-order valence-corrected chi connectivity index (χ3v) is 4.16. The Bertz CT molecular complexity index is 492. The van der Waals surface area contributed by atoms with Gasteiger partial charge in [-0.1, -0.05) is 11.3 Å². The average Bonchev–Trinajstić information content (AvgIpc) is 2.98. The zero-order valence-electron chi connectivity index (χ0n) is 10.1. The standard InChI is InChI=1S/C11H16N4OS/c1-7-9-10(15(2)14-7)13-11(17-9)12-6-8-4-3-5-16-8/h8H,3-6H2,1-2H3,(H,12,13). The second-order valence-electron chi connectivity index (χ2n) is 4.40. The van der Waals surface area contributed by atoms with Crippen LogP contribution in [0.25, 0.3) is 10.3 Å². The van der Waals surface area contributed by atoms with E-state index in [1.807, 2.05) is 18.7 Å². The van der Waals surface area contributed by atoms with Gasteiger partial charge in [0.1, 0.15) is 0 Å². The van der Waals surface area contributed by atoms with Crippen LogP contribution in [0.3, 0.4) is 0 Å². The van der Waals surface area contributed by atoms with E-state index >= 15 is 0 Å². The molecule has 3 rings (SSSR count).